The number of rotatable bonds is 5. The maximum Gasteiger partial charge on any atom is 0.129 e. The van der Waals surface area contributed by atoms with Crippen LogP contribution < -0.4 is 4.74 Å². The van der Waals surface area contributed by atoms with Crippen LogP contribution in [0, 0.1) is 17.1 Å². The van der Waals surface area contributed by atoms with E-state index in [-0.39, 0.29) is 12.4 Å². The van der Waals surface area contributed by atoms with Crippen LogP contribution in [0.5, 0.6) is 5.75 Å². The molecule has 30 heavy (non-hydrogen) atoms. The maximum atomic E-state index is 14.0. The molecule has 0 saturated heterocycles. The standard InChI is InChI=1S/C26H17BrFNO/c27-22-12-9-18(10-13-22)21(16-29)15-24-23-7-3-1-5-19(23)11-14-26(24)30-17-20-6-2-4-8-25(20)28/h1-15H,17H2/b21-15+. The van der Waals surface area contributed by atoms with E-state index in [1.54, 1.807) is 18.2 Å². The Hall–Kier alpha value is -3.42. The average molecular weight is 458 g/mol. The Balaban J connectivity index is 1.80. The van der Waals surface area contributed by atoms with Gasteiger partial charge in [0.1, 0.15) is 18.2 Å². The van der Waals surface area contributed by atoms with Crippen molar-refractivity contribution in [1.82, 2.24) is 0 Å². The van der Waals surface area contributed by atoms with Gasteiger partial charge in [0.2, 0.25) is 0 Å². The molecule has 0 unspecified atom stereocenters. The summed E-state index contributed by atoms with van der Waals surface area (Å²) in [6, 6.07) is 28.2. The van der Waals surface area contributed by atoms with Gasteiger partial charge in [-0.25, -0.2) is 4.39 Å². The lowest BCUT2D eigenvalue weighted by atomic mass is 9.98. The average Bonchev–Trinajstić information content (AvgIpc) is 2.78. The largest absolute Gasteiger partial charge is 0.488 e. The number of fused-ring (bicyclic) bond motifs is 1. The molecule has 0 N–H and O–H groups in total. The molecular formula is C26H17BrFNO. The van der Waals surface area contributed by atoms with Crippen molar-refractivity contribution < 1.29 is 9.13 Å². The van der Waals surface area contributed by atoms with Crippen molar-refractivity contribution in [3.05, 3.63) is 112 Å². The number of halogens is 2. The third kappa shape index (κ3) is 4.27. The third-order valence-electron chi connectivity index (χ3n) is 4.84. The highest BCUT2D eigenvalue weighted by Gasteiger charge is 2.11. The van der Waals surface area contributed by atoms with Gasteiger partial charge in [0.05, 0.1) is 11.6 Å². The first kappa shape index (κ1) is 19.9. The second-order valence-corrected chi connectivity index (χ2v) is 7.67. The third-order valence-corrected chi connectivity index (χ3v) is 5.36. The zero-order valence-electron chi connectivity index (χ0n) is 16.0. The molecule has 0 aliphatic rings. The Labute approximate surface area is 183 Å². The molecule has 4 aromatic carbocycles. The number of nitrogens with zero attached hydrogens (tertiary/aromatic N) is 1. The van der Waals surface area contributed by atoms with E-state index < -0.39 is 0 Å². The SMILES string of the molecule is N#C/C(=C\c1c(OCc2ccccc2F)ccc2ccccc12)c1ccc(Br)cc1. The summed E-state index contributed by atoms with van der Waals surface area (Å²) in [5, 5.41) is 11.8. The summed E-state index contributed by atoms with van der Waals surface area (Å²) in [7, 11) is 0. The minimum Gasteiger partial charge on any atom is -0.488 e. The van der Waals surface area contributed by atoms with E-state index in [0.29, 0.717) is 16.9 Å². The Kier molecular flexibility index (Phi) is 5.92. The van der Waals surface area contributed by atoms with Gasteiger partial charge in [-0.15, -0.1) is 0 Å². The van der Waals surface area contributed by atoms with Gasteiger partial charge in [0, 0.05) is 15.6 Å². The lowest BCUT2D eigenvalue weighted by Gasteiger charge is -2.13. The minimum atomic E-state index is -0.303. The fourth-order valence-corrected chi connectivity index (χ4v) is 3.54. The number of benzene rings is 4. The van der Waals surface area contributed by atoms with E-state index in [0.717, 1.165) is 26.4 Å². The highest BCUT2D eigenvalue weighted by atomic mass is 79.9. The molecule has 146 valence electrons. The molecule has 0 atom stereocenters. The molecule has 0 fully saturated rings. The van der Waals surface area contributed by atoms with E-state index in [4.69, 9.17) is 4.74 Å². The van der Waals surface area contributed by atoms with E-state index in [9.17, 15) is 9.65 Å². The van der Waals surface area contributed by atoms with Crippen molar-refractivity contribution in [3.63, 3.8) is 0 Å². The lowest BCUT2D eigenvalue weighted by Crippen LogP contribution is -2.00. The predicted octanol–water partition coefficient (Wildman–Crippen LogP) is 7.38. The van der Waals surface area contributed by atoms with E-state index in [2.05, 4.69) is 22.0 Å². The van der Waals surface area contributed by atoms with Gasteiger partial charge < -0.3 is 4.74 Å². The van der Waals surface area contributed by atoms with Crippen LogP contribution >= 0.6 is 15.9 Å². The lowest BCUT2D eigenvalue weighted by molar-refractivity contribution is 0.299. The Bertz CT molecular complexity index is 1270. The smallest absolute Gasteiger partial charge is 0.129 e. The summed E-state index contributed by atoms with van der Waals surface area (Å²) < 4.78 is 21.0. The van der Waals surface area contributed by atoms with Crippen LogP contribution in [0.4, 0.5) is 4.39 Å². The zero-order chi connectivity index (χ0) is 20.9. The van der Waals surface area contributed by atoms with E-state index in [1.807, 2.05) is 66.7 Å². The molecule has 0 bridgehead atoms. The minimum absolute atomic E-state index is 0.103. The molecule has 0 aliphatic heterocycles. The van der Waals surface area contributed by atoms with Crippen molar-refractivity contribution in [1.29, 1.82) is 5.26 Å². The Morgan fingerprint density at radius 2 is 1.67 bits per heavy atom. The monoisotopic (exact) mass is 457 g/mol. The van der Waals surface area contributed by atoms with Crippen LogP contribution in [-0.4, -0.2) is 0 Å². The molecule has 0 amide bonds. The Morgan fingerprint density at radius 3 is 2.43 bits per heavy atom. The van der Waals surface area contributed by atoms with Gasteiger partial charge in [-0.3, -0.25) is 0 Å². The maximum absolute atomic E-state index is 14.0. The topological polar surface area (TPSA) is 33.0 Å². The van der Waals surface area contributed by atoms with Crippen LogP contribution in [0.3, 0.4) is 0 Å². The van der Waals surface area contributed by atoms with Gasteiger partial charge in [0.25, 0.3) is 0 Å². The van der Waals surface area contributed by atoms with Crippen LogP contribution in [0.1, 0.15) is 16.7 Å². The molecule has 0 radical (unpaired) electrons. The van der Waals surface area contributed by atoms with Crippen LogP contribution in [0.15, 0.2) is 89.4 Å². The van der Waals surface area contributed by atoms with Crippen LogP contribution in [-0.2, 0) is 6.61 Å². The zero-order valence-corrected chi connectivity index (χ0v) is 17.6. The first-order valence-electron chi connectivity index (χ1n) is 9.41. The van der Waals surface area contributed by atoms with Crippen molar-refractivity contribution in [2.45, 2.75) is 6.61 Å². The molecular weight excluding hydrogens is 441 g/mol. The normalized spacial score (nSPS) is 11.3. The fraction of sp³-hybridized carbons (Fsp3) is 0.0385. The van der Waals surface area contributed by atoms with Gasteiger partial charge in [0.15, 0.2) is 0 Å². The summed E-state index contributed by atoms with van der Waals surface area (Å²) in [5.41, 5.74) is 2.61. The summed E-state index contributed by atoms with van der Waals surface area (Å²) >= 11 is 3.42. The molecule has 4 aromatic rings. The van der Waals surface area contributed by atoms with Gasteiger partial charge in [-0.2, -0.15) is 5.26 Å². The molecule has 0 aromatic heterocycles. The molecule has 4 heteroatoms. The van der Waals surface area contributed by atoms with Gasteiger partial charge in [-0.05, 0) is 46.7 Å². The summed E-state index contributed by atoms with van der Waals surface area (Å²) in [4.78, 5) is 0. The highest BCUT2D eigenvalue weighted by molar-refractivity contribution is 9.10. The molecule has 0 aliphatic carbocycles. The number of allylic oxidation sites excluding steroid dienone is 1. The fourth-order valence-electron chi connectivity index (χ4n) is 3.28. The first-order chi connectivity index (χ1) is 14.7. The van der Waals surface area contributed by atoms with Gasteiger partial charge in [-0.1, -0.05) is 76.6 Å². The van der Waals surface area contributed by atoms with E-state index >= 15 is 0 Å². The second-order valence-electron chi connectivity index (χ2n) is 6.76. The Morgan fingerprint density at radius 1 is 0.933 bits per heavy atom. The van der Waals surface area contributed by atoms with Crippen LogP contribution in [0.2, 0.25) is 0 Å². The molecule has 4 rings (SSSR count). The number of hydrogen-bond donors (Lipinski definition) is 0. The quantitative estimate of drug-likeness (QED) is 0.231. The molecule has 0 saturated carbocycles. The number of ether oxygens (including phenoxy) is 1. The highest BCUT2D eigenvalue weighted by Crippen LogP contribution is 2.33. The van der Waals surface area contributed by atoms with Crippen molar-refractivity contribution in [2.75, 3.05) is 0 Å². The first-order valence-corrected chi connectivity index (χ1v) is 10.2. The number of nitriles is 1. The second kappa shape index (κ2) is 8.94. The van der Waals surface area contributed by atoms with Crippen molar-refractivity contribution in [2.24, 2.45) is 0 Å². The van der Waals surface area contributed by atoms with E-state index in [1.165, 1.54) is 6.07 Å². The molecule has 0 spiro atoms. The molecule has 2 nitrogen and oxygen atoms in total. The predicted molar refractivity (Wildman–Crippen MR) is 122 cm³/mol. The summed E-state index contributed by atoms with van der Waals surface area (Å²) in [6.45, 7) is 0.103. The summed E-state index contributed by atoms with van der Waals surface area (Å²) in [6.07, 6.45) is 1.84. The number of hydrogen-bond acceptors (Lipinski definition) is 2. The van der Waals surface area contributed by atoms with Crippen molar-refractivity contribution in [3.8, 4) is 11.8 Å². The van der Waals surface area contributed by atoms with Crippen molar-refractivity contribution >= 4 is 38.4 Å². The molecule has 0 heterocycles. The van der Waals surface area contributed by atoms with Gasteiger partial charge >= 0.3 is 0 Å². The van der Waals surface area contributed by atoms with Crippen LogP contribution in [0.25, 0.3) is 22.4 Å². The summed E-state index contributed by atoms with van der Waals surface area (Å²) in [5.74, 6) is 0.296.